The Labute approximate surface area is 171 Å². The molecule has 1 aromatic heterocycles. The molecule has 0 spiro atoms. The van der Waals surface area contributed by atoms with Crippen molar-refractivity contribution < 1.29 is 9.18 Å². The van der Waals surface area contributed by atoms with Crippen LogP contribution < -0.4 is 5.32 Å². The van der Waals surface area contributed by atoms with Crippen LogP contribution in [0, 0.1) is 11.7 Å². The number of para-hydroxylation sites is 1. The van der Waals surface area contributed by atoms with Crippen molar-refractivity contribution in [3.63, 3.8) is 0 Å². The summed E-state index contributed by atoms with van der Waals surface area (Å²) < 4.78 is 15.3. The Hall–Kier alpha value is -2.66. The Balaban J connectivity index is 1.32. The highest BCUT2D eigenvalue weighted by molar-refractivity contribution is 5.83. The smallest absolute Gasteiger partial charge is 0.223 e. The van der Waals surface area contributed by atoms with Crippen molar-refractivity contribution in [2.45, 2.75) is 32.4 Å². The van der Waals surface area contributed by atoms with Crippen LogP contribution in [0.5, 0.6) is 0 Å². The van der Waals surface area contributed by atoms with Gasteiger partial charge in [0.05, 0.1) is 6.04 Å². The molecule has 5 heteroatoms. The predicted molar refractivity (Wildman–Crippen MR) is 114 cm³/mol. The zero-order valence-electron chi connectivity index (χ0n) is 17.1. The second-order valence-electron chi connectivity index (χ2n) is 8.11. The van der Waals surface area contributed by atoms with Crippen molar-refractivity contribution >= 4 is 16.8 Å². The lowest BCUT2D eigenvalue weighted by atomic mass is 9.95. The number of hydrogen-bond donors (Lipinski definition) is 1. The molecule has 0 unspecified atom stereocenters. The van der Waals surface area contributed by atoms with Gasteiger partial charge in [-0.3, -0.25) is 9.69 Å². The summed E-state index contributed by atoms with van der Waals surface area (Å²) >= 11 is 0. The fourth-order valence-electron chi connectivity index (χ4n) is 4.31. The lowest BCUT2D eigenvalue weighted by Crippen LogP contribution is -2.40. The third-order valence-electron chi connectivity index (χ3n) is 6.06. The molecule has 1 saturated heterocycles. The van der Waals surface area contributed by atoms with Gasteiger partial charge in [0.2, 0.25) is 5.91 Å². The summed E-state index contributed by atoms with van der Waals surface area (Å²) in [5.74, 6) is -0.112. The number of rotatable bonds is 5. The predicted octanol–water partition coefficient (Wildman–Crippen LogP) is 4.41. The summed E-state index contributed by atoms with van der Waals surface area (Å²) in [5, 5.41) is 4.40. The van der Waals surface area contributed by atoms with Gasteiger partial charge in [0.25, 0.3) is 0 Å². The van der Waals surface area contributed by atoms with E-state index in [2.05, 4.69) is 52.3 Å². The topological polar surface area (TPSA) is 37.3 Å². The minimum atomic E-state index is -0.258. The van der Waals surface area contributed by atoms with Gasteiger partial charge in [-0.2, -0.15) is 0 Å². The molecule has 4 nitrogen and oxygen atoms in total. The zero-order valence-corrected chi connectivity index (χ0v) is 17.1. The third kappa shape index (κ3) is 4.35. The first-order valence-corrected chi connectivity index (χ1v) is 10.3. The first kappa shape index (κ1) is 19.6. The molecular formula is C24H28FN3O. The van der Waals surface area contributed by atoms with E-state index in [0.717, 1.165) is 38.0 Å². The fourth-order valence-corrected chi connectivity index (χ4v) is 4.31. The fraction of sp³-hybridized carbons (Fsp3) is 0.375. The Bertz CT molecular complexity index is 987. The molecule has 1 aliphatic rings. The van der Waals surface area contributed by atoms with Crippen LogP contribution in [0.3, 0.4) is 0 Å². The Morgan fingerprint density at radius 3 is 2.55 bits per heavy atom. The first-order valence-electron chi connectivity index (χ1n) is 10.3. The van der Waals surface area contributed by atoms with E-state index in [0.29, 0.717) is 0 Å². The number of halogens is 1. The van der Waals surface area contributed by atoms with Gasteiger partial charge in [-0.15, -0.1) is 0 Å². The number of carbonyl (C=O) groups is 1. The highest BCUT2D eigenvalue weighted by Gasteiger charge is 2.26. The maximum absolute atomic E-state index is 13.1. The summed E-state index contributed by atoms with van der Waals surface area (Å²) in [4.78, 5) is 15.1. The van der Waals surface area contributed by atoms with Crippen molar-refractivity contribution in [3.05, 3.63) is 71.7 Å². The standard InChI is InChI=1S/C24H28FN3O/c1-17(18-7-9-21(25)10-8-18)26-24(29)19-11-13-28(14-12-19)16-20-15-27(2)23-6-4-3-5-22(20)23/h3-10,15,17,19H,11-14,16H2,1-2H3,(H,26,29)/t17-/m1/s1. The number of nitrogens with zero attached hydrogens (tertiary/aromatic N) is 2. The summed E-state index contributed by atoms with van der Waals surface area (Å²) in [7, 11) is 2.09. The van der Waals surface area contributed by atoms with E-state index < -0.39 is 0 Å². The van der Waals surface area contributed by atoms with Crippen molar-refractivity contribution in [1.29, 1.82) is 0 Å². The summed E-state index contributed by atoms with van der Waals surface area (Å²) in [6.45, 7) is 4.71. The Morgan fingerprint density at radius 1 is 1.14 bits per heavy atom. The van der Waals surface area contributed by atoms with Crippen molar-refractivity contribution in [1.82, 2.24) is 14.8 Å². The molecule has 0 radical (unpaired) electrons. The molecule has 1 amide bonds. The van der Waals surface area contributed by atoms with E-state index in [-0.39, 0.29) is 23.7 Å². The summed E-state index contributed by atoms with van der Waals surface area (Å²) in [6, 6.07) is 14.7. The van der Waals surface area contributed by atoms with Gasteiger partial charge < -0.3 is 9.88 Å². The number of likely N-dealkylation sites (tertiary alicyclic amines) is 1. The van der Waals surface area contributed by atoms with E-state index >= 15 is 0 Å². The molecule has 0 bridgehead atoms. The Morgan fingerprint density at radius 2 is 1.83 bits per heavy atom. The van der Waals surface area contributed by atoms with Crippen LogP contribution in [0.2, 0.25) is 0 Å². The van der Waals surface area contributed by atoms with Crippen molar-refractivity contribution in [2.75, 3.05) is 13.1 Å². The average Bonchev–Trinajstić information content (AvgIpc) is 3.04. The second kappa shape index (κ2) is 8.37. The highest BCUT2D eigenvalue weighted by atomic mass is 19.1. The molecule has 1 atom stereocenters. The molecule has 1 aliphatic heterocycles. The van der Waals surface area contributed by atoms with Crippen LogP contribution in [0.25, 0.3) is 10.9 Å². The number of amides is 1. The Kier molecular flexibility index (Phi) is 5.67. The van der Waals surface area contributed by atoms with E-state index in [1.807, 2.05) is 6.92 Å². The maximum Gasteiger partial charge on any atom is 0.223 e. The van der Waals surface area contributed by atoms with Crippen molar-refractivity contribution in [2.24, 2.45) is 13.0 Å². The van der Waals surface area contributed by atoms with E-state index in [1.54, 1.807) is 12.1 Å². The molecular weight excluding hydrogens is 365 g/mol. The van der Waals surface area contributed by atoms with Gasteiger partial charge in [-0.1, -0.05) is 30.3 Å². The van der Waals surface area contributed by atoms with Crippen LogP contribution in [0.4, 0.5) is 4.39 Å². The van der Waals surface area contributed by atoms with Gasteiger partial charge in [0, 0.05) is 36.6 Å². The van der Waals surface area contributed by atoms with Crippen LogP contribution in [-0.4, -0.2) is 28.5 Å². The van der Waals surface area contributed by atoms with Crippen LogP contribution in [0.1, 0.15) is 36.9 Å². The normalized spacial score (nSPS) is 16.8. The molecule has 29 heavy (non-hydrogen) atoms. The van der Waals surface area contributed by atoms with Crippen molar-refractivity contribution in [3.8, 4) is 0 Å². The molecule has 2 aromatic carbocycles. The number of piperidine rings is 1. The number of nitrogens with one attached hydrogen (secondary N) is 1. The van der Waals surface area contributed by atoms with Crippen LogP contribution in [-0.2, 0) is 18.4 Å². The maximum atomic E-state index is 13.1. The lowest BCUT2D eigenvalue weighted by molar-refractivity contribution is -0.127. The molecule has 0 saturated carbocycles. The summed E-state index contributed by atoms with van der Waals surface area (Å²) in [6.07, 6.45) is 3.95. The SMILES string of the molecule is C[C@@H](NC(=O)C1CCN(Cc2cn(C)c3ccccc23)CC1)c1ccc(F)cc1. The van der Waals surface area contributed by atoms with E-state index in [1.165, 1.54) is 28.6 Å². The van der Waals surface area contributed by atoms with Crippen LogP contribution in [0.15, 0.2) is 54.7 Å². The number of benzene rings is 2. The summed E-state index contributed by atoms with van der Waals surface area (Å²) in [5.41, 5.74) is 3.52. The van der Waals surface area contributed by atoms with Gasteiger partial charge in [0.15, 0.2) is 0 Å². The molecule has 1 fully saturated rings. The minimum absolute atomic E-state index is 0.0432. The van der Waals surface area contributed by atoms with Gasteiger partial charge in [-0.05, 0) is 62.2 Å². The largest absolute Gasteiger partial charge is 0.350 e. The molecule has 0 aliphatic carbocycles. The van der Waals surface area contributed by atoms with Gasteiger partial charge >= 0.3 is 0 Å². The number of fused-ring (bicyclic) bond motifs is 1. The van der Waals surface area contributed by atoms with E-state index in [4.69, 9.17) is 0 Å². The van der Waals surface area contributed by atoms with E-state index in [9.17, 15) is 9.18 Å². The molecule has 2 heterocycles. The number of aryl methyl sites for hydroxylation is 1. The zero-order chi connectivity index (χ0) is 20.4. The quantitative estimate of drug-likeness (QED) is 0.697. The average molecular weight is 394 g/mol. The highest BCUT2D eigenvalue weighted by Crippen LogP contribution is 2.25. The third-order valence-corrected chi connectivity index (χ3v) is 6.06. The molecule has 3 aromatic rings. The first-order chi connectivity index (χ1) is 14.0. The number of hydrogen-bond acceptors (Lipinski definition) is 2. The number of carbonyl (C=O) groups excluding carboxylic acids is 1. The van der Waals surface area contributed by atoms with Gasteiger partial charge in [-0.25, -0.2) is 4.39 Å². The minimum Gasteiger partial charge on any atom is -0.350 e. The number of aromatic nitrogens is 1. The van der Waals surface area contributed by atoms with Crippen LogP contribution >= 0.6 is 0 Å². The second-order valence-corrected chi connectivity index (χ2v) is 8.11. The monoisotopic (exact) mass is 393 g/mol. The molecule has 4 rings (SSSR count). The molecule has 1 N–H and O–H groups in total. The van der Waals surface area contributed by atoms with Gasteiger partial charge in [0.1, 0.15) is 5.82 Å². The lowest BCUT2D eigenvalue weighted by Gasteiger charge is -2.31. The molecule has 152 valence electrons.